The van der Waals surface area contributed by atoms with Gasteiger partial charge in [-0.1, -0.05) is 30.3 Å². The third kappa shape index (κ3) is 7.65. The predicted molar refractivity (Wildman–Crippen MR) is 153 cm³/mol. The first kappa shape index (κ1) is 29.2. The van der Waals surface area contributed by atoms with Crippen LogP contribution in [0, 0.1) is 0 Å². The number of pyridine rings is 2. The SMILES string of the molecule is CC(C)(C)OC(=O)N[C@@H](CCN1C(=O)CC1(Cc1ccccc1)C(=O)Nc1cccnc1)C(=O)Nc1cccnc1. The maximum Gasteiger partial charge on any atom is 0.408 e. The lowest BCUT2D eigenvalue weighted by Gasteiger charge is -2.51. The molecule has 11 heteroatoms. The molecule has 2 aromatic heterocycles. The third-order valence-corrected chi connectivity index (χ3v) is 6.52. The minimum absolute atomic E-state index is 0.0000317. The maximum absolute atomic E-state index is 13.7. The molecule has 0 spiro atoms. The molecule has 4 rings (SSSR count). The smallest absolute Gasteiger partial charge is 0.408 e. The van der Waals surface area contributed by atoms with Crippen molar-refractivity contribution in [1.82, 2.24) is 20.2 Å². The molecule has 1 aliphatic heterocycles. The summed E-state index contributed by atoms with van der Waals surface area (Å²) in [5.41, 5.74) is -0.141. The van der Waals surface area contributed by atoms with Crippen LogP contribution in [0.25, 0.3) is 0 Å². The van der Waals surface area contributed by atoms with E-state index in [1.165, 1.54) is 17.3 Å². The Kier molecular flexibility index (Phi) is 8.96. The quantitative estimate of drug-likeness (QED) is 0.323. The molecular weight excluding hydrogens is 524 g/mol. The van der Waals surface area contributed by atoms with Crippen molar-refractivity contribution in [2.45, 2.75) is 57.2 Å². The highest BCUT2D eigenvalue weighted by atomic mass is 16.6. The molecule has 41 heavy (non-hydrogen) atoms. The van der Waals surface area contributed by atoms with Gasteiger partial charge in [-0.15, -0.1) is 0 Å². The van der Waals surface area contributed by atoms with Crippen molar-refractivity contribution in [3.05, 3.63) is 84.9 Å². The van der Waals surface area contributed by atoms with E-state index in [-0.39, 0.29) is 37.6 Å². The number of alkyl carbamates (subject to hydrolysis) is 1. The topological polar surface area (TPSA) is 143 Å². The first-order valence-electron chi connectivity index (χ1n) is 13.3. The first-order valence-corrected chi connectivity index (χ1v) is 13.3. The Labute approximate surface area is 238 Å². The van der Waals surface area contributed by atoms with E-state index in [1.54, 1.807) is 57.4 Å². The molecule has 3 aromatic rings. The molecule has 1 fully saturated rings. The second-order valence-electron chi connectivity index (χ2n) is 10.8. The van der Waals surface area contributed by atoms with Gasteiger partial charge < -0.3 is 25.6 Å². The summed E-state index contributed by atoms with van der Waals surface area (Å²) in [4.78, 5) is 62.1. The summed E-state index contributed by atoms with van der Waals surface area (Å²) in [6, 6.07) is 15.1. The fourth-order valence-corrected chi connectivity index (χ4v) is 4.63. The molecule has 1 unspecified atom stereocenters. The Morgan fingerprint density at radius 3 is 2.15 bits per heavy atom. The first-order chi connectivity index (χ1) is 19.6. The maximum atomic E-state index is 13.7. The highest BCUT2D eigenvalue weighted by molar-refractivity contribution is 6.07. The van der Waals surface area contributed by atoms with Crippen LogP contribution in [-0.2, 0) is 25.5 Å². The Balaban J connectivity index is 1.56. The van der Waals surface area contributed by atoms with Gasteiger partial charge in [0.1, 0.15) is 17.2 Å². The molecular formula is C30H34N6O5. The Hall–Kier alpha value is -4.80. The normalized spacial score (nSPS) is 17.1. The van der Waals surface area contributed by atoms with Gasteiger partial charge in [-0.2, -0.15) is 0 Å². The fourth-order valence-electron chi connectivity index (χ4n) is 4.63. The lowest BCUT2D eigenvalue weighted by atomic mass is 9.77. The number of nitrogens with zero attached hydrogens (tertiary/aromatic N) is 3. The van der Waals surface area contributed by atoms with E-state index in [2.05, 4.69) is 25.9 Å². The van der Waals surface area contributed by atoms with Crippen LogP contribution >= 0.6 is 0 Å². The number of rotatable bonds is 10. The largest absolute Gasteiger partial charge is 0.444 e. The molecule has 0 saturated carbocycles. The zero-order valence-electron chi connectivity index (χ0n) is 23.3. The summed E-state index contributed by atoms with van der Waals surface area (Å²) in [5, 5.41) is 8.24. The number of amides is 4. The number of likely N-dealkylation sites (tertiary alicyclic amines) is 1. The van der Waals surface area contributed by atoms with E-state index in [0.717, 1.165) is 5.56 Å². The monoisotopic (exact) mass is 558 g/mol. The standard InChI is InChI=1S/C30H34N6O5/c1-29(2,3)41-28(40)35-24(26(38)33-22-11-7-14-31-19-22)13-16-36-25(37)18-30(36,17-21-9-5-4-6-10-21)27(39)34-23-12-8-15-32-20-23/h4-12,14-15,19-20,24H,13,16-18H2,1-3H3,(H,33,38)(H,34,39)(H,35,40)/t24-,30?/m0/s1. The van der Waals surface area contributed by atoms with Crippen molar-refractivity contribution in [3.8, 4) is 0 Å². The minimum atomic E-state index is -1.19. The van der Waals surface area contributed by atoms with E-state index in [9.17, 15) is 19.2 Å². The number of hydrogen-bond acceptors (Lipinski definition) is 7. The zero-order valence-corrected chi connectivity index (χ0v) is 23.3. The molecule has 2 atom stereocenters. The average molecular weight is 559 g/mol. The van der Waals surface area contributed by atoms with Crippen LogP contribution in [0.4, 0.5) is 16.2 Å². The van der Waals surface area contributed by atoms with Crippen LogP contribution in [0.1, 0.15) is 39.2 Å². The van der Waals surface area contributed by atoms with Crippen LogP contribution in [0.15, 0.2) is 79.4 Å². The van der Waals surface area contributed by atoms with E-state index in [4.69, 9.17) is 4.74 Å². The molecule has 4 amide bonds. The van der Waals surface area contributed by atoms with Crippen LogP contribution in [-0.4, -0.2) is 62.4 Å². The zero-order chi connectivity index (χ0) is 29.5. The molecule has 3 heterocycles. The molecule has 0 aliphatic carbocycles. The van der Waals surface area contributed by atoms with Gasteiger partial charge in [0.15, 0.2) is 0 Å². The van der Waals surface area contributed by atoms with E-state index in [1.807, 2.05) is 30.3 Å². The summed E-state index contributed by atoms with van der Waals surface area (Å²) in [5.74, 6) is -1.10. The van der Waals surface area contributed by atoms with Gasteiger partial charge in [-0.05, 0) is 57.0 Å². The van der Waals surface area contributed by atoms with Crippen molar-refractivity contribution in [3.63, 3.8) is 0 Å². The third-order valence-electron chi connectivity index (χ3n) is 6.52. The molecule has 1 aliphatic rings. The van der Waals surface area contributed by atoms with Gasteiger partial charge >= 0.3 is 6.09 Å². The number of carbonyl (C=O) groups excluding carboxylic acids is 4. The highest BCUT2D eigenvalue weighted by Crippen LogP contribution is 2.37. The van der Waals surface area contributed by atoms with Gasteiger partial charge in [0.2, 0.25) is 11.8 Å². The van der Waals surface area contributed by atoms with Crippen molar-refractivity contribution >= 4 is 35.2 Å². The number of β-lactam (4-membered cyclic amide) rings is 1. The van der Waals surface area contributed by atoms with E-state index in [0.29, 0.717) is 11.4 Å². The number of aromatic nitrogens is 2. The molecule has 11 nitrogen and oxygen atoms in total. The molecule has 1 aromatic carbocycles. The van der Waals surface area contributed by atoms with Crippen LogP contribution < -0.4 is 16.0 Å². The number of hydrogen-bond donors (Lipinski definition) is 3. The summed E-state index contributed by atoms with van der Waals surface area (Å²) in [6.45, 7) is 5.19. The van der Waals surface area contributed by atoms with Crippen molar-refractivity contribution in [1.29, 1.82) is 0 Å². The predicted octanol–water partition coefficient (Wildman–Crippen LogP) is 3.55. The van der Waals surface area contributed by atoms with Gasteiger partial charge in [0, 0.05) is 25.4 Å². The molecule has 0 radical (unpaired) electrons. The second-order valence-corrected chi connectivity index (χ2v) is 10.8. The fraction of sp³-hybridized carbons (Fsp3) is 0.333. The van der Waals surface area contributed by atoms with Crippen LogP contribution in [0.5, 0.6) is 0 Å². The van der Waals surface area contributed by atoms with Gasteiger partial charge in [0.25, 0.3) is 5.91 Å². The van der Waals surface area contributed by atoms with Crippen molar-refractivity contribution in [2.24, 2.45) is 0 Å². The summed E-state index contributed by atoms with van der Waals surface area (Å²) >= 11 is 0. The molecule has 3 N–H and O–H groups in total. The number of anilines is 2. The Morgan fingerprint density at radius 1 is 0.951 bits per heavy atom. The highest BCUT2D eigenvalue weighted by Gasteiger charge is 2.56. The lowest BCUT2D eigenvalue weighted by Crippen LogP contribution is -2.70. The minimum Gasteiger partial charge on any atom is -0.444 e. The van der Waals surface area contributed by atoms with Crippen molar-refractivity contribution in [2.75, 3.05) is 17.2 Å². The van der Waals surface area contributed by atoms with Gasteiger partial charge in [0.05, 0.1) is 30.2 Å². The Bertz CT molecular complexity index is 1360. The summed E-state index contributed by atoms with van der Waals surface area (Å²) in [7, 11) is 0. The molecule has 1 saturated heterocycles. The molecule has 214 valence electrons. The van der Waals surface area contributed by atoms with Crippen molar-refractivity contribution < 1.29 is 23.9 Å². The number of nitrogens with one attached hydrogen (secondary N) is 3. The van der Waals surface area contributed by atoms with E-state index >= 15 is 0 Å². The van der Waals surface area contributed by atoms with E-state index < -0.39 is 29.2 Å². The van der Waals surface area contributed by atoms with Crippen LogP contribution in [0.2, 0.25) is 0 Å². The summed E-state index contributed by atoms with van der Waals surface area (Å²) in [6.07, 6.45) is 5.72. The number of ether oxygens (including phenoxy) is 1. The number of carbonyl (C=O) groups is 4. The average Bonchev–Trinajstić information content (AvgIpc) is 2.92. The Morgan fingerprint density at radius 2 is 1.59 bits per heavy atom. The van der Waals surface area contributed by atoms with Gasteiger partial charge in [-0.3, -0.25) is 24.4 Å². The van der Waals surface area contributed by atoms with Crippen LogP contribution in [0.3, 0.4) is 0 Å². The second kappa shape index (κ2) is 12.6. The van der Waals surface area contributed by atoms with Gasteiger partial charge in [-0.25, -0.2) is 4.79 Å². The molecule has 0 bridgehead atoms. The lowest BCUT2D eigenvalue weighted by molar-refractivity contribution is -0.164. The number of benzene rings is 1. The summed E-state index contributed by atoms with van der Waals surface area (Å²) < 4.78 is 5.37.